The largest absolute Gasteiger partial charge is 0.301 e. The molecule has 1 amide bonds. The Kier molecular flexibility index (Phi) is 5.83. The molecule has 0 fully saturated rings. The molecule has 3 aromatic rings. The van der Waals surface area contributed by atoms with Gasteiger partial charge in [0.05, 0.1) is 11.4 Å². The number of anilines is 1. The highest BCUT2D eigenvalue weighted by molar-refractivity contribution is 7.99. The van der Waals surface area contributed by atoms with Gasteiger partial charge in [0.25, 0.3) is 0 Å². The summed E-state index contributed by atoms with van der Waals surface area (Å²) in [5, 5.41) is 12.7. The Labute approximate surface area is 154 Å². The number of thioether (sulfide) groups is 1. The second kappa shape index (κ2) is 8.26. The highest BCUT2D eigenvalue weighted by Gasteiger charge is 2.10. The molecule has 8 heteroatoms. The van der Waals surface area contributed by atoms with Gasteiger partial charge in [-0.3, -0.25) is 9.89 Å². The van der Waals surface area contributed by atoms with Crippen molar-refractivity contribution < 1.29 is 4.79 Å². The zero-order valence-electron chi connectivity index (χ0n) is 14.1. The van der Waals surface area contributed by atoms with Crippen LogP contribution < -0.4 is 5.32 Å². The molecule has 1 aromatic carbocycles. The maximum absolute atomic E-state index is 12.0. The van der Waals surface area contributed by atoms with Crippen LogP contribution in [-0.4, -0.2) is 31.8 Å². The van der Waals surface area contributed by atoms with E-state index in [0.29, 0.717) is 10.3 Å². The van der Waals surface area contributed by atoms with Crippen molar-refractivity contribution in [2.24, 2.45) is 0 Å². The van der Waals surface area contributed by atoms with Gasteiger partial charge in [-0.2, -0.15) is 0 Å². The minimum absolute atomic E-state index is 0.119. The molecular weight excluding hydrogens is 354 g/mol. The van der Waals surface area contributed by atoms with E-state index in [1.54, 1.807) is 0 Å². The zero-order valence-corrected chi connectivity index (χ0v) is 15.7. The van der Waals surface area contributed by atoms with Crippen molar-refractivity contribution in [1.29, 1.82) is 0 Å². The van der Waals surface area contributed by atoms with Gasteiger partial charge in [0, 0.05) is 10.9 Å². The highest BCUT2D eigenvalue weighted by atomic mass is 32.2. The van der Waals surface area contributed by atoms with E-state index in [4.69, 9.17) is 0 Å². The van der Waals surface area contributed by atoms with Crippen molar-refractivity contribution >= 4 is 34.1 Å². The molecular formula is C17H19N5OS2. The van der Waals surface area contributed by atoms with Crippen LogP contribution in [0.4, 0.5) is 5.13 Å². The minimum atomic E-state index is -0.119. The van der Waals surface area contributed by atoms with Gasteiger partial charge in [0.15, 0.2) is 5.13 Å². The number of aromatic nitrogens is 4. The van der Waals surface area contributed by atoms with E-state index >= 15 is 0 Å². The maximum Gasteiger partial charge on any atom is 0.236 e. The lowest BCUT2D eigenvalue weighted by Gasteiger charge is -2.01. The number of aromatic amines is 1. The third-order valence-corrected chi connectivity index (χ3v) is 5.05. The average Bonchev–Trinajstić information content (AvgIpc) is 3.23. The summed E-state index contributed by atoms with van der Waals surface area (Å²) in [5.41, 5.74) is 3.26. The van der Waals surface area contributed by atoms with Crippen LogP contribution in [0.15, 0.2) is 34.8 Å². The number of H-pyrrole nitrogens is 1. The van der Waals surface area contributed by atoms with Crippen molar-refractivity contribution in [3.05, 3.63) is 41.0 Å². The summed E-state index contributed by atoms with van der Waals surface area (Å²) < 4.78 is 0. The van der Waals surface area contributed by atoms with E-state index in [0.717, 1.165) is 29.9 Å². The SMILES string of the molecule is CCCc1ccc(-c2csc(NC(=O)CSc3n[nH]c(C)n3)n2)cc1. The topological polar surface area (TPSA) is 83.6 Å². The number of nitrogens with one attached hydrogen (secondary N) is 2. The average molecular weight is 374 g/mol. The third kappa shape index (κ3) is 4.90. The van der Waals surface area contributed by atoms with Crippen LogP contribution in [0.5, 0.6) is 0 Å². The molecule has 0 atom stereocenters. The van der Waals surface area contributed by atoms with E-state index in [2.05, 4.69) is 56.7 Å². The second-order valence-corrected chi connectivity index (χ2v) is 7.33. The fourth-order valence-electron chi connectivity index (χ4n) is 2.27. The summed E-state index contributed by atoms with van der Waals surface area (Å²) >= 11 is 2.71. The standard InChI is InChI=1S/C17H19N5OS2/c1-3-4-12-5-7-13(8-6-12)14-9-24-16(19-14)20-15(23)10-25-17-18-11(2)21-22-17/h5-9H,3-4,10H2,1-2H3,(H,18,21,22)(H,19,20,23). The van der Waals surface area contributed by atoms with E-state index in [-0.39, 0.29) is 11.7 Å². The van der Waals surface area contributed by atoms with Gasteiger partial charge < -0.3 is 5.32 Å². The third-order valence-electron chi connectivity index (χ3n) is 3.45. The maximum atomic E-state index is 12.0. The number of carbonyl (C=O) groups excluding carboxylic acids is 1. The smallest absolute Gasteiger partial charge is 0.236 e. The normalized spacial score (nSPS) is 10.8. The monoisotopic (exact) mass is 373 g/mol. The van der Waals surface area contributed by atoms with Crippen molar-refractivity contribution in [1.82, 2.24) is 20.2 Å². The van der Waals surface area contributed by atoms with Crippen LogP contribution >= 0.6 is 23.1 Å². The van der Waals surface area contributed by atoms with Crippen LogP contribution in [0.2, 0.25) is 0 Å². The van der Waals surface area contributed by atoms with E-state index in [9.17, 15) is 4.79 Å². The Hall–Kier alpha value is -2.19. The van der Waals surface area contributed by atoms with E-state index in [1.807, 2.05) is 12.3 Å². The molecule has 2 aromatic heterocycles. The van der Waals surface area contributed by atoms with Crippen molar-refractivity contribution in [2.75, 3.05) is 11.1 Å². The van der Waals surface area contributed by atoms with Crippen LogP contribution in [0.25, 0.3) is 11.3 Å². The number of hydrogen-bond donors (Lipinski definition) is 2. The van der Waals surface area contributed by atoms with Crippen molar-refractivity contribution in [3.8, 4) is 11.3 Å². The highest BCUT2D eigenvalue weighted by Crippen LogP contribution is 2.25. The first-order chi connectivity index (χ1) is 12.1. The van der Waals surface area contributed by atoms with Gasteiger partial charge >= 0.3 is 0 Å². The zero-order chi connectivity index (χ0) is 17.6. The molecule has 0 saturated carbocycles. The first kappa shape index (κ1) is 17.6. The number of aryl methyl sites for hydroxylation is 2. The van der Waals surface area contributed by atoms with E-state index < -0.39 is 0 Å². The molecule has 6 nitrogen and oxygen atoms in total. The molecule has 2 N–H and O–H groups in total. The van der Waals surface area contributed by atoms with Crippen LogP contribution in [0, 0.1) is 6.92 Å². The Morgan fingerprint density at radius 2 is 2.08 bits per heavy atom. The van der Waals surface area contributed by atoms with Crippen molar-refractivity contribution in [3.63, 3.8) is 0 Å². The molecule has 0 spiro atoms. The molecule has 2 heterocycles. The minimum Gasteiger partial charge on any atom is -0.301 e. The van der Waals surface area contributed by atoms with Gasteiger partial charge in [-0.1, -0.05) is 49.4 Å². The number of hydrogen-bond acceptors (Lipinski definition) is 6. The van der Waals surface area contributed by atoms with Crippen molar-refractivity contribution in [2.45, 2.75) is 31.8 Å². The summed E-state index contributed by atoms with van der Waals surface area (Å²) in [6.45, 7) is 3.99. The molecule has 0 aliphatic heterocycles. The van der Waals surface area contributed by atoms with E-state index in [1.165, 1.54) is 28.7 Å². The molecule has 130 valence electrons. The Bertz CT molecular complexity index is 841. The lowest BCUT2D eigenvalue weighted by atomic mass is 10.1. The predicted molar refractivity (Wildman–Crippen MR) is 102 cm³/mol. The number of carbonyl (C=O) groups is 1. The molecule has 3 rings (SSSR count). The summed E-state index contributed by atoms with van der Waals surface area (Å²) in [7, 11) is 0. The lowest BCUT2D eigenvalue weighted by Crippen LogP contribution is -2.13. The summed E-state index contributed by atoms with van der Waals surface area (Å²) in [4.78, 5) is 20.7. The molecule has 0 radical (unpaired) electrons. The quantitative estimate of drug-likeness (QED) is 0.613. The molecule has 0 aliphatic carbocycles. The van der Waals surface area contributed by atoms with Gasteiger partial charge in [-0.05, 0) is 18.9 Å². The summed E-state index contributed by atoms with van der Waals surface area (Å²) in [5.74, 6) is 0.863. The molecule has 0 aliphatic rings. The molecule has 0 saturated heterocycles. The fourth-order valence-corrected chi connectivity index (χ4v) is 3.65. The lowest BCUT2D eigenvalue weighted by molar-refractivity contribution is -0.113. The number of benzene rings is 1. The first-order valence-corrected chi connectivity index (χ1v) is 9.87. The van der Waals surface area contributed by atoms with Crippen LogP contribution in [-0.2, 0) is 11.2 Å². The van der Waals surface area contributed by atoms with Crippen LogP contribution in [0.1, 0.15) is 24.7 Å². The molecule has 0 bridgehead atoms. The van der Waals surface area contributed by atoms with Gasteiger partial charge in [0.2, 0.25) is 11.1 Å². The summed E-state index contributed by atoms with van der Waals surface area (Å²) in [6, 6.07) is 8.41. The molecule has 25 heavy (non-hydrogen) atoms. The predicted octanol–water partition coefficient (Wildman–Crippen LogP) is 3.92. The Morgan fingerprint density at radius 1 is 1.28 bits per heavy atom. The van der Waals surface area contributed by atoms with Crippen LogP contribution in [0.3, 0.4) is 0 Å². The number of thiazole rings is 1. The number of rotatable bonds is 7. The Balaban J connectivity index is 1.56. The Morgan fingerprint density at radius 3 is 2.76 bits per heavy atom. The van der Waals surface area contributed by atoms with Gasteiger partial charge in [0.1, 0.15) is 5.82 Å². The number of amides is 1. The first-order valence-electron chi connectivity index (χ1n) is 8.00. The second-order valence-electron chi connectivity index (χ2n) is 5.53. The van der Waals surface area contributed by atoms with Gasteiger partial charge in [-0.25, -0.2) is 9.97 Å². The fraction of sp³-hybridized carbons (Fsp3) is 0.294. The van der Waals surface area contributed by atoms with Gasteiger partial charge in [-0.15, -0.1) is 16.4 Å². The number of nitrogens with zero attached hydrogens (tertiary/aromatic N) is 3. The molecule has 0 unspecified atom stereocenters. The summed E-state index contributed by atoms with van der Waals surface area (Å²) in [6.07, 6.45) is 2.22.